The molecule has 0 spiro atoms. The third-order valence-corrected chi connectivity index (χ3v) is 2.21. The van der Waals surface area contributed by atoms with Gasteiger partial charge in [0, 0.05) is 7.11 Å². The van der Waals surface area contributed by atoms with Gasteiger partial charge in [-0.2, -0.15) is 0 Å². The molecule has 1 heterocycles. The van der Waals surface area contributed by atoms with Crippen LogP contribution in [-0.2, 0) is 11.3 Å². The highest BCUT2D eigenvalue weighted by molar-refractivity contribution is 5.11. The van der Waals surface area contributed by atoms with Crippen LogP contribution in [0.2, 0.25) is 0 Å². The molecule has 2 N–H and O–H groups in total. The first kappa shape index (κ1) is 11.3. The number of nitrogens with two attached hydrogens (primary N) is 1. The van der Waals surface area contributed by atoms with E-state index < -0.39 is 0 Å². The largest absolute Gasteiger partial charge is 0.462 e. The molecule has 0 aliphatic heterocycles. The Kier molecular flexibility index (Phi) is 3.34. The van der Waals surface area contributed by atoms with Crippen LogP contribution in [0.25, 0.3) is 0 Å². The van der Waals surface area contributed by atoms with Gasteiger partial charge in [-0.1, -0.05) is 20.8 Å². The SMILES string of the molecule is COCc1ccc(C(N)C(C)(C)C)o1. The average molecular weight is 197 g/mol. The van der Waals surface area contributed by atoms with Crippen molar-refractivity contribution in [2.24, 2.45) is 11.1 Å². The molecule has 0 saturated heterocycles. The maximum absolute atomic E-state index is 6.05. The molecule has 0 saturated carbocycles. The molecule has 0 aliphatic rings. The Labute approximate surface area is 85.2 Å². The molecule has 0 bridgehead atoms. The molecule has 80 valence electrons. The van der Waals surface area contributed by atoms with Gasteiger partial charge >= 0.3 is 0 Å². The van der Waals surface area contributed by atoms with Crippen molar-refractivity contribution in [2.75, 3.05) is 7.11 Å². The van der Waals surface area contributed by atoms with Gasteiger partial charge in [-0.3, -0.25) is 0 Å². The van der Waals surface area contributed by atoms with Gasteiger partial charge in [0.25, 0.3) is 0 Å². The van der Waals surface area contributed by atoms with Gasteiger partial charge in [-0.25, -0.2) is 0 Å². The fourth-order valence-electron chi connectivity index (χ4n) is 1.21. The van der Waals surface area contributed by atoms with Crippen LogP contribution in [0, 0.1) is 5.41 Å². The van der Waals surface area contributed by atoms with Crippen molar-refractivity contribution in [1.82, 2.24) is 0 Å². The fraction of sp³-hybridized carbons (Fsp3) is 0.636. The Bertz CT molecular complexity index is 286. The van der Waals surface area contributed by atoms with Crippen molar-refractivity contribution in [3.63, 3.8) is 0 Å². The van der Waals surface area contributed by atoms with Crippen LogP contribution in [0.5, 0.6) is 0 Å². The predicted molar refractivity (Wildman–Crippen MR) is 55.8 cm³/mol. The summed E-state index contributed by atoms with van der Waals surface area (Å²) in [6, 6.07) is 3.75. The van der Waals surface area contributed by atoms with Gasteiger partial charge in [0.05, 0.1) is 6.04 Å². The second kappa shape index (κ2) is 4.15. The Morgan fingerprint density at radius 1 is 1.43 bits per heavy atom. The van der Waals surface area contributed by atoms with Crippen LogP contribution in [-0.4, -0.2) is 7.11 Å². The standard InChI is InChI=1S/C11H19NO2/c1-11(2,3)10(12)9-6-5-8(14-9)7-13-4/h5-6,10H,7,12H2,1-4H3. The van der Waals surface area contributed by atoms with Gasteiger partial charge in [0.1, 0.15) is 18.1 Å². The number of rotatable bonds is 3. The number of hydrogen-bond acceptors (Lipinski definition) is 3. The van der Waals surface area contributed by atoms with Crippen LogP contribution in [0.1, 0.15) is 38.3 Å². The first-order valence-electron chi connectivity index (χ1n) is 4.78. The maximum Gasteiger partial charge on any atom is 0.129 e. The topological polar surface area (TPSA) is 48.4 Å². The average Bonchev–Trinajstić information content (AvgIpc) is 2.50. The second-order valence-corrected chi connectivity index (χ2v) is 4.58. The molecule has 3 nitrogen and oxygen atoms in total. The molecule has 0 aliphatic carbocycles. The zero-order chi connectivity index (χ0) is 10.8. The number of methoxy groups -OCH3 is 1. The van der Waals surface area contributed by atoms with Crippen molar-refractivity contribution in [2.45, 2.75) is 33.4 Å². The van der Waals surface area contributed by atoms with Crippen LogP contribution in [0.4, 0.5) is 0 Å². The molecule has 0 fully saturated rings. The normalized spacial score (nSPS) is 14.4. The van der Waals surface area contributed by atoms with E-state index in [-0.39, 0.29) is 11.5 Å². The fourth-order valence-corrected chi connectivity index (χ4v) is 1.21. The molecule has 3 heteroatoms. The van der Waals surface area contributed by atoms with Crippen LogP contribution < -0.4 is 5.73 Å². The van der Waals surface area contributed by atoms with E-state index in [0.717, 1.165) is 11.5 Å². The summed E-state index contributed by atoms with van der Waals surface area (Å²) in [4.78, 5) is 0. The monoisotopic (exact) mass is 197 g/mol. The highest BCUT2D eigenvalue weighted by atomic mass is 16.5. The van der Waals surface area contributed by atoms with E-state index in [0.29, 0.717) is 6.61 Å². The van der Waals surface area contributed by atoms with Gasteiger partial charge < -0.3 is 14.9 Å². The quantitative estimate of drug-likeness (QED) is 0.809. The van der Waals surface area contributed by atoms with E-state index in [4.69, 9.17) is 14.9 Å². The van der Waals surface area contributed by atoms with E-state index in [1.54, 1.807) is 7.11 Å². The molecular formula is C11H19NO2. The summed E-state index contributed by atoms with van der Waals surface area (Å²) < 4.78 is 10.5. The van der Waals surface area contributed by atoms with Gasteiger partial charge in [0.2, 0.25) is 0 Å². The third-order valence-electron chi connectivity index (χ3n) is 2.21. The Balaban J connectivity index is 2.76. The van der Waals surface area contributed by atoms with E-state index in [1.807, 2.05) is 12.1 Å². The summed E-state index contributed by atoms with van der Waals surface area (Å²) in [6.45, 7) is 6.78. The molecule has 1 rings (SSSR count). The molecule has 1 aromatic heterocycles. The first-order chi connectivity index (χ1) is 6.45. The lowest BCUT2D eigenvalue weighted by Gasteiger charge is -2.24. The Hall–Kier alpha value is -0.800. The van der Waals surface area contributed by atoms with Gasteiger partial charge in [-0.05, 0) is 17.5 Å². The van der Waals surface area contributed by atoms with Crippen LogP contribution in [0.15, 0.2) is 16.5 Å². The molecule has 0 radical (unpaired) electrons. The summed E-state index contributed by atoms with van der Waals surface area (Å²) in [5.74, 6) is 1.65. The summed E-state index contributed by atoms with van der Waals surface area (Å²) in [7, 11) is 1.64. The molecule has 0 aromatic carbocycles. The minimum Gasteiger partial charge on any atom is -0.462 e. The van der Waals surface area contributed by atoms with Gasteiger partial charge in [0.15, 0.2) is 0 Å². The highest BCUT2D eigenvalue weighted by Crippen LogP contribution is 2.31. The van der Waals surface area contributed by atoms with Crippen LogP contribution in [0.3, 0.4) is 0 Å². The van der Waals surface area contributed by atoms with E-state index in [1.165, 1.54) is 0 Å². The summed E-state index contributed by atoms with van der Waals surface area (Å²) in [5.41, 5.74) is 6.06. The van der Waals surface area contributed by atoms with Crippen molar-refractivity contribution in [1.29, 1.82) is 0 Å². The van der Waals surface area contributed by atoms with Crippen molar-refractivity contribution in [3.8, 4) is 0 Å². The zero-order valence-electron chi connectivity index (χ0n) is 9.33. The lowest BCUT2D eigenvalue weighted by atomic mass is 9.86. The smallest absolute Gasteiger partial charge is 0.129 e. The molecule has 1 atom stereocenters. The molecule has 1 unspecified atom stereocenters. The number of hydrogen-bond donors (Lipinski definition) is 1. The number of furan rings is 1. The minimum atomic E-state index is -0.0758. The predicted octanol–water partition coefficient (Wildman–Crippen LogP) is 2.47. The lowest BCUT2D eigenvalue weighted by Crippen LogP contribution is -2.25. The summed E-state index contributed by atoms with van der Waals surface area (Å²) in [5, 5.41) is 0. The molecular weight excluding hydrogens is 178 g/mol. The van der Waals surface area contributed by atoms with E-state index in [2.05, 4.69) is 20.8 Å². The second-order valence-electron chi connectivity index (χ2n) is 4.58. The molecule has 0 amide bonds. The highest BCUT2D eigenvalue weighted by Gasteiger charge is 2.24. The van der Waals surface area contributed by atoms with Crippen LogP contribution >= 0.6 is 0 Å². The summed E-state index contributed by atoms with van der Waals surface area (Å²) >= 11 is 0. The van der Waals surface area contributed by atoms with Crippen molar-refractivity contribution >= 4 is 0 Å². The first-order valence-corrected chi connectivity index (χ1v) is 4.78. The lowest BCUT2D eigenvalue weighted by molar-refractivity contribution is 0.159. The Morgan fingerprint density at radius 2 is 2.07 bits per heavy atom. The maximum atomic E-state index is 6.05. The Morgan fingerprint density at radius 3 is 2.57 bits per heavy atom. The summed E-state index contributed by atoms with van der Waals surface area (Å²) in [6.07, 6.45) is 0. The third kappa shape index (κ3) is 2.59. The zero-order valence-corrected chi connectivity index (χ0v) is 9.33. The minimum absolute atomic E-state index is 0.0161. The number of ether oxygens (including phenoxy) is 1. The van der Waals surface area contributed by atoms with E-state index >= 15 is 0 Å². The van der Waals surface area contributed by atoms with Crippen molar-refractivity contribution < 1.29 is 9.15 Å². The van der Waals surface area contributed by atoms with Gasteiger partial charge in [-0.15, -0.1) is 0 Å². The molecule has 1 aromatic rings. The van der Waals surface area contributed by atoms with E-state index in [9.17, 15) is 0 Å². The molecule has 14 heavy (non-hydrogen) atoms. The van der Waals surface area contributed by atoms with Crippen molar-refractivity contribution in [3.05, 3.63) is 23.7 Å².